The van der Waals surface area contributed by atoms with Gasteiger partial charge < -0.3 is 19.3 Å². The van der Waals surface area contributed by atoms with Gasteiger partial charge in [0.1, 0.15) is 5.75 Å². The van der Waals surface area contributed by atoms with E-state index in [1.54, 1.807) is 40.1 Å². The molecule has 1 saturated heterocycles. The maximum absolute atomic E-state index is 13.7. The predicted octanol–water partition coefficient (Wildman–Crippen LogP) is 1.67. The molecule has 1 atom stereocenters. The lowest BCUT2D eigenvalue weighted by Crippen LogP contribution is -2.54. The Morgan fingerprint density at radius 2 is 1.76 bits per heavy atom. The topological polar surface area (TPSA) is 96.5 Å². The number of anilines is 2. The minimum Gasteiger partial charge on any atom is -0.476 e. The lowest BCUT2D eigenvalue weighted by atomic mass is 10.00. The molecule has 0 radical (unpaired) electrons. The molecule has 0 aromatic heterocycles. The number of carbonyl (C=O) groups is 2. The Morgan fingerprint density at radius 3 is 2.53 bits per heavy atom. The molecule has 1 fully saturated rings. The van der Waals surface area contributed by atoms with Gasteiger partial charge in [0.25, 0.3) is 11.8 Å². The van der Waals surface area contributed by atoms with E-state index in [4.69, 9.17) is 9.47 Å². The Balaban J connectivity index is 1.45. The molecule has 0 aliphatic carbocycles. The SMILES string of the molecule is CS(=O)(=O)N1CCCc2cc(C(=O)N3CC(C(=O)N4CCOCC4)Oc4ccccc43)ccc21. The molecule has 3 aliphatic heterocycles. The van der Waals surface area contributed by atoms with Gasteiger partial charge in [-0.2, -0.15) is 0 Å². The fraction of sp³-hybridized carbons (Fsp3) is 0.417. The third kappa shape index (κ3) is 4.23. The van der Waals surface area contributed by atoms with Crippen molar-refractivity contribution in [2.24, 2.45) is 0 Å². The van der Waals surface area contributed by atoms with Crippen molar-refractivity contribution in [3.63, 3.8) is 0 Å². The molecule has 0 spiro atoms. The maximum atomic E-state index is 13.7. The fourth-order valence-corrected chi connectivity index (χ4v) is 5.73. The molecule has 0 N–H and O–H groups in total. The first-order valence-corrected chi connectivity index (χ1v) is 13.2. The van der Waals surface area contributed by atoms with E-state index in [1.165, 1.54) is 10.6 Å². The number of aryl methyl sites for hydroxylation is 1. The molecular formula is C24H27N3O6S. The molecule has 1 unspecified atom stereocenters. The number of fused-ring (bicyclic) bond motifs is 2. The molecule has 2 aromatic rings. The highest BCUT2D eigenvalue weighted by Crippen LogP contribution is 2.36. The van der Waals surface area contributed by atoms with Gasteiger partial charge in [-0.05, 0) is 48.7 Å². The molecule has 3 heterocycles. The minimum absolute atomic E-state index is 0.0958. The molecule has 2 aromatic carbocycles. The Bertz CT molecular complexity index is 1220. The van der Waals surface area contributed by atoms with E-state index in [-0.39, 0.29) is 18.4 Å². The third-order valence-electron chi connectivity index (χ3n) is 6.42. The van der Waals surface area contributed by atoms with Crippen LogP contribution < -0.4 is 13.9 Å². The number of rotatable bonds is 3. The minimum atomic E-state index is -3.39. The smallest absolute Gasteiger partial charge is 0.265 e. The van der Waals surface area contributed by atoms with Gasteiger partial charge in [0.05, 0.1) is 37.4 Å². The summed E-state index contributed by atoms with van der Waals surface area (Å²) in [5.41, 5.74) is 2.50. The molecule has 9 nitrogen and oxygen atoms in total. The van der Waals surface area contributed by atoms with Crippen LogP contribution in [0.5, 0.6) is 5.75 Å². The number of nitrogens with zero attached hydrogens (tertiary/aromatic N) is 3. The number of amides is 2. The molecule has 2 amide bonds. The van der Waals surface area contributed by atoms with Gasteiger partial charge >= 0.3 is 0 Å². The van der Waals surface area contributed by atoms with Gasteiger partial charge in [-0.1, -0.05) is 12.1 Å². The molecule has 0 bridgehead atoms. The second kappa shape index (κ2) is 8.92. The highest BCUT2D eigenvalue weighted by atomic mass is 32.2. The summed E-state index contributed by atoms with van der Waals surface area (Å²) in [6, 6.07) is 12.3. The van der Waals surface area contributed by atoms with E-state index in [2.05, 4.69) is 0 Å². The van der Waals surface area contributed by atoms with Gasteiger partial charge in [-0.3, -0.25) is 13.9 Å². The second-order valence-electron chi connectivity index (χ2n) is 8.71. The summed E-state index contributed by atoms with van der Waals surface area (Å²) >= 11 is 0. The zero-order chi connectivity index (χ0) is 23.9. The first-order chi connectivity index (χ1) is 16.3. The van der Waals surface area contributed by atoms with Crippen LogP contribution in [0.4, 0.5) is 11.4 Å². The van der Waals surface area contributed by atoms with Crippen molar-refractivity contribution >= 4 is 33.2 Å². The molecule has 3 aliphatic rings. The molecule has 10 heteroatoms. The number of benzene rings is 2. The number of para-hydroxylation sites is 2. The number of hydrogen-bond acceptors (Lipinski definition) is 6. The van der Waals surface area contributed by atoms with E-state index < -0.39 is 16.1 Å². The Morgan fingerprint density at radius 1 is 1.00 bits per heavy atom. The summed E-state index contributed by atoms with van der Waals surface area (Å²) in [6.45, 7) is 2.49. The lowest BCUT2D eigenvalue weighted by molar-refractivity contribution is -0.142. The van der Waals surface area contributed by atoms with Crippen LogP contribution in [0.25, 0.3) is 0 Å². The van der Waals surface area contributed by atoms with Crippen LogP contribution in [-0.2, 0) is 26.0 Å². The van der Waals surface area contributed by atoms with Crippen molar-refractivity contribution in [3.05, 3.63) is 53.6 Å². The van der Waals surface area contributed by atoms with Crippen LogP contribution in [0.2, 0.25) is 0 Å². The number of carbonyl (C=O) groups excluding carboxylic acids is 2. The zero-order valence-electron chi connectivity index (χ0n) is 19.0. The standard InChI is InChI=1S/C24H27N3O6S/c1-34(30,31)27-10-4-5-17-15-18(8-9-19(17)27)23(28)26-16-22(24(29)25-11-13-32-14-12-25)33-21-7-3-2-6-20(21)26/h2-3,6-9,15,22H,4-5,10-14,16H2,1H3. The quantitative estimate of drug-likeness (QED) is 0.656. The average molecular weight is 486 g/mol. The first-order valence-electron chi connectivity index (χ1n) is 11.4. The highest BCUT2D eigenvalue weighted by Gasteiger charge is 2.37. The van der Waals surface area contributed by atoms with E-state index in [1.807, 2.05) is 12.1 Å². The summed E-state index contributed by atoms with van der Waals surface area (Å²) in [6.07, 6.45) is 1.77. The maximum Gasteiger partial charge on any atom is 0.265 e. The Hall–Kier alpha value is -3.11. The van der Waals surface area contributed by atoms with Crippen LogP contribution >= 0.6 is 0 Å². The lowest BCUT2D eigenvalue weighted by Gasteiger charge is -2.37. The Kier molecular flexibility index (Phi) is 5.95. The summed E-state index contributed by atoms with van der Waals surface area (Å²) in [7, 11) is -3.39. The van der Waals surface area contributed by atoms with Gasteiger partial charge in [-0.25, -0.2) is 8.42 Å². The molecule has 5 rings (SSSR count). The van der Waals surface area contributed by atoms with E-state index in [0.717, 1.165) is 5.56 Å². The van der Waals surface area contributed by atoms with Crippen molar-refractivity contribution < 1.29 is 27.5 Å². The normalized spacial score (nSPS) is 20.3. The number of ether oxygens (including phenoxy) is 2. The predicted molar refractivity (Wildman–Crippen MR) is 127 cm³/mol. The second-order valence-corrected chi connectivity index (χ2v) is 10.6. The zero-order valence-corrected chi connectivity index (χ0v) is 19.8. The van der Waals surface area contributed by atoms with Crippen LogP contribution in [0.15, 0.2) is 42.5 Å². The van der Waals surface area contributed by atoms with Crippen LogP contribution in [0.1, 0.15) is 22.3 Å². The van der Waals surface area contributed by atoms with Crippen molar-refractivity contribution in [3.8, 4) is 5.75 Å². The van der Waals surface area contributed by atoms with Crippen LogP contribution in [0.3, 0.4) is 0 Å². The summed E-state index contributed by atoms with van der Waals surface area (Å²) < 4.78 is 37.1. The summed E-state index contributed by atoms with van der Waals surface area (Å²) in [5, 5.41) is 0. The number of sulfonamides is 1. The average Bonchev–Trinajstić information content (AvgIpc) is 2.86. The molecular weight excluding hydrogens is 458 g/mol. The monoisotopic (exact) mass is 485 g/mol. The third-order valence-corrected chi connectivity index (χ3v) is 7.60. The van der Waals surface area contributed by atoms with Crippen molar-refractivity contribution in [1.29, 1.82) is 0 Å². The van der Waals surface area contributed by atoms with Crippen molar-refractivity contribution in [2.45, 2.75) is 18.9 Å². The van der Waals surface area contributed by atoms with E-state index >= 15 is 0 Å². The molecule has 0 saturated carbocycles. The van der Waals surface area contributed by atoms with Crippen LogP contribution in [-0.4, -0.2) is 76.9 Å². The largest absolute Gasteiger partial charge is 0.476 e. The number of morpholine rings is 1. The van der Waals surface area contributed by atoms with E-state index in [0.29, 0.717) is 68.4 Å². The fourth-order valence-electron chi connectivity index (χ4n) is 4.74. The first kappa shape index (κ1) is 22.7. The van der Waals surface area contributed by atoms with Gasteiger partial charge in [0.15, 0.2) is 6.10 Å². The number of hydrogen-bond donors (Lipinski definition) is 0. The van der Waals surface area contributed by atoms with Crippen molar-refractivity contribution in [2.75, 3.05) is 54.9 Å². The molecule has 180 valence electrons. The van der Waals surface area contributed by atoms with E-state index in [9.17, 15) is 18.0 Å². The Labute approximate surface area is 198 Å². The summed E-state index contributed by atoms with van der Waals surface area (Å²) in [5.74, 6) is 0.0644. The summed E-state index contributed by atoms with van der Waals surface area (Å²) in [4.78, 5) is 30.1. The highest BCUT2D eigenvalue weighted by molar-refractivity contribution is 7.92. The van der Waals surface area contributed by atoms with Crippen molar-refractivity contribution in [1.82, 2.24) is 4.90 Å². The van der Waals surface area contributed by atoms with Gasteiger partial charge in [-0.15, -0.1) is 0 Å². The van der Waals surface area contributed by atoms with Crippen LogP contribution in [0, 0.1) is 0 Å². The van der Waals surface area contributed by atoms with Gasteiger partial charge in [0, 0.05) is 25.2 Å². The molecule has 34 heavy (non-hydrogen) atoms. The van der Waals surface area contributed by atoms with Gasteiger partial charge in [0.2, 0.25) is 10.0 Å².